The number of likely N-dealkylation sites (N-methyl/N-ethyl adjacent to an activating group) is 1. The van der Waals surface area contributed by atoms with Crippen LogP contribution >= 0.6 is 0 Å². The first kappa shape index (κ1) is 11.7. The summed E-state index contributed by atoms with van der Waals surface area (Å²) in [6.45, 7) is 3.99. The SMILES string of the molecule is CCN(CC=CCN)c1ccccc1F. The molecule has 0 heterocycles. The van der Waals surface area contributed by atoms with E-state index in [1.165, 1.54) is 6.07 Å². The third-order valence-corrected chi connectivity index (χ3v) is 2.20. The molecule has 15 heavy (non-hydrogen) atoms. The van der Waals surface area contributed by atoms with Crippen molar-refractivity contribution in [2.75, 3.05) is 24.5 Å². The summed E-state index contributed by atoms with van der Waals surface area (Å²) in [6.07, 6.45) is 3.83. The van der Waals surface area contributed by atoms with Crippen LogP contribution in [0.25, 0.3) is 0 Å². The average Bonchev–Trinajstić information content (AvgIpc) is 2.26. The van der Waals surface area contributed by atoms with Gasteiger partial charge >= 0.3 is 0 Å². The van der Waals surface area contributed by atoms with Crippen molar-refractivity contribution in [1.29, 1.82) is 0 Å². The average molecular weight is 208 g/mol. The van der Waals surface area contributed by atoms with E-state index in [1.807, 2.05) is 30.0 Å². The van der Waals surface area contributed by atoms with Crippen molar-refractivity contribution in [3.8, 4) is 0 Å². The van der Waals surface area contributed by atoms with Crippen LogP contribution in [0.2, 0.25) is 0 Å². The van der Waals surface area contributed by atoms with Crippen LogP contribution in [0, 0.1) is 5.82 Å². The van der Waals surface area contributed by atoms with E-state index >= 15 is 0 Å². The summed E-state index contributed by atoms with van der Waals surface area (Å²) in [6, 6.07) is 6.80. The van der Waals surface area contributed by atoms with Gasteiger partial charge in [0.25, 0.3) is 0 Å². The van der Waals surface area contributed by atoms with Crippen LogP contribution in [0.4, 0.5) is 10.1 Å². The first-order chi connectivity index (χ1) is 7.29. The molecule has 0 amide bonds. The Hall–Kier alpha value is -1.35. The molecule has 0 saturated heterocycles. The Bertz CT molecular complexity index is 323. The molecule has 0 atom stereocenters. The molecule has 0 fully saturated rings. The molecule has 1 aromatic rings. The lowest BCUT2D eigenvalue weighted by atomic mass is 10.2. The van der Waals surface area contributed by atoms with Gasteiger partial charge in [-0.15, -0.1) is 0 Å². The number of halogens is 1. The molecular weight excluding hydrogens is 191 g/mol. The van der Waals surface area contributed by atoms with Gasteiger partial charge in [0.1, 0.15) is 5.82 Å². The molecule has 0 saturated carbocycles. The number of hydrogen-bond donors (Lipinski definition) is 1. The molecule has 2 nitrogen and oxygen atoms in total. The number of nitrogens with two attached hydrogens (primary N) is 1. The van der Waals surface area contributed by atoms with Crippen molar-refractivity contribution in [1.82, 2.24) is 0 Å². The fourth-order valence-electron chi connectivity index (χ4n) is 1.40. The van der Waals surface area contributed by atoms with Crippen LogP contribution in [0.5, 0.6) is 0 Å². The van der Waals surface area contributed by atoms with Gasteiger partial charge < -0.3 is 10.6 Å². The van der Waals surface area contributed by atoms with Crippen molar-refractivity contribution in [3.05, 3.63) is 42.2 Å². The zero-order chi connectivity index (χ0) is 11.1. The van der Waals surface area contributed by atoms with E-state index in [9.17, 15) is 4.39 Å². The van der Waals surface area contributed by atoms with Crippen LogP contribution in [0.1, 0.15) is 6.92 Å². The fraction of sp³-hybridized carbons (Fsp3) is 0.333. The molecule has 0 radical (unpaired) electrons. The summed E-state index contributed by atoms with van der Waals surface area (Å²) < 4.78 is 13.4. The van der Waals surface area contributed by atoms with Crippen LogP contribution in [-0.4, -0.2) is 19.6 Å². The summed E-state index contributed by atoms with van der Waals surface area (Å²) in [5.74, 6) is -0.180. The van der Waals surface area contributed by atoms with Crippen molar-refractivity contribution < 1.29 is 4.39 Å². The Labute approximate surface area is 90.2 Å². The molecular formula is C12H17FN2. The van der Waals surface area contributed by atoms with E-state index in [1.54, 1.807) is 12.1 Å². The molecule has 0 aliphatic heterocycles. The zero-order valence-electron chi connectivity index (χ0n) is 8.99. The number of anilines is 1. The lowest BCUT2D eigenvalue weighted by Gasteiger charge is -2.21. The van der Waals surface area contributed by atoms with Crippen molar-refractivity contribution >= 4 is 5.69 Å². The van der Waals surface area contributed by atoms with E-state index in [-0.39, 0.29) is 5.82 Å². The maximum Gasteiger partial charge on any atom is 0.146 e. The second-order valence-electron chi connectivity index (χ2n) is 3.20. The molecule has 3 heteroatoms. The lowest BCUT2D eigenvalue weighted by Crippen LogP contribution is -2.23. The molecule has 0 aliphatic rings. The summed E-state index contributed by atoms with van der Waals surface area (Å²) in [5.41, 5.74) is 5.99. The van der Waals surface area contributed by atoms with Gasteiger partial charge in [-0.1, -0.05) is 24.3 Å². The molecule has 0 aliphatic carbocycles. The van der Waals surface area contributed by atoms with Gasteiger partial charge in [0.15, 0.2) is 0 Å². The molecule has 2 N–H and O–H groups in total. The van der Waals surface area contributed by atoms with Crippen molar-refractivity contribution in [3.63, 3.8) is 0 Å². The molecule has 0 aromatic heterocycles. The molecule has 1 rings (SSSR count). The quantitative estimate of drug-likeness (QED) is 0.751. The summed E-state index contributed by atoms with van der Waals surface area (Å²) in [4.78, 5) is 1.96. The van der Waals surface area contributed by atoms with Gasteiger partial charge in [0.2, 0.25) is 0 Å². The Morgan fingerprint density at radius 3 is 2.67 bits per heavy atom. The minimum Gasteiger partial charge on any atom is -0.366 e. The minimum atomic E-state index is -0.180. The van der Waals surface area contributed by atoms with E-state index in [0.29, 0.717) is 18.8 Å². The van der Waals surface area contributed by atoms with Gasteiger partial charge in [-0.25, -0.2) is 4.39 Å². The Kier molecular flexibility index (Phi) is 4.84. The fourth-order valence-corrected chi connectivity index (χ4v) is 1.40. The Morgan fingerprint density at radius 2 is 2.07 bits per heavy atom. The number of para-hydroxylation sites is 1. The minimum absolute atomic E-state index is 0.180. The number of hydrogen-bond acceptors (Lipinski definition) is 2. The second-order valence-corrected chi connectivity index (χ2v) is 3.20. The zero-order valence-corrected chi connectivity index (χ0v) is 8.99. The molecule has 0 bridgehead atoms. The standard InChI is InChI=1S/C12H17FN2/c1-2-15(10-6-5-9-14)12-8-4-3-7-11(12)13/h3-8H,2,9-10,14H2,1H3. The van der Waals surface area contributed by atoms with Gasteiger partial charge in [-0.3, -0.25) is 0 Å². The monoisotopic (exact) mass is 208 g/mol. The second kappa shape index (κ2) is 6.19. The first-order valence-corrected chi connectivity index (χ1v) is 5.14. The van der Waals surface area contributed by atoms with Gasteiger partial charge in [0.05, 0.1) is 5.69 Å². The highest BCUT2D eigenvalue weighted by molar-refractivity contribution is 5.47. The largest absolute Gasteiger partial charge is 0.366 e. The van der Waals surface area contributed by atoms with Crippen LogP contribution in [0.3, 0.4) is 0 Å². The highest BCUT2D eigenvalue weighted by Gasteiger charge is 2.06. The normalized spacial score (nSPS) is 10.9. The first-order valence-electron chi connectivity index (χ1n) is 5.14. The van der Waals surface area contributed by atoms with E-state index < -0.39 is 0 Å². The summed E-state index contributed by atoms with van der Waals surface area (Å²) in [7, 11) is 0. The molecule has 0 spiro atoms. The van der Waals surface area contributed by atoms with Crippen LogP contribution < -0.4 is 10.6 Å². The lowest BCUT2D eigenvalue weighted by molar-refractivity contribution is 0.621. The van der Waals surface area contributed by atoms with Gasteiger partial charge in [-0.2, -0.15) is 0 Å². The topological polar surface area (TPSA) is 29.3 Å². The predicted octanol–water partition coefficient (Wildman–Crippen LogP) is 2.17. The van der Waals surface area contributed by atoms with Crippen LogP contribution in [-0.2, 0) is 0 Å². The third kappa shape index (κ3) is 3.36. The van der Waals surface area contributed by atoms with E-state index in [4.69, 9.17) is 5.73 Å². The third-order valence-electron chi connectivity index (χ3n) is 2.20. The smallest absolute Gasteiger partial charge is 0.146 e. The number of benzene rings is 1. The summed E-state index contributed by atoms with van der Waals surface area (Å²) >= 11 is 0. The van der Waals surface area contributed by atoms with Gasteiger partial charge in [0, 0.05) is 19.6 Å². The predicted molar refractivity (Wildman–Crippen MR) is 62.5 cm³/mol. The van der Waals surface area contributed by atoms with Crippen molar-refractivity contribution in [2.24, 2.45) is 5.73 Å². The highest BCUT2D eigenvalue weighted by atomic mass is 19.1. The van der Waals surface area contributed by atoms with E-state index in [0.717, 1.165) is 6.54 Å². The van der Waals surface area contributed by atoms with Gasteiger partial charge in [-0.05, 0) is 19.1 Å². The Balaban J connectivity index is 2.74. The maximum absolute atomic E-state index is 13.4. The molecule has 82 valence electrons. The summed E-state index contributed by atoms with van der Waals surface area (Å²) in [5, 5.41) is 0. The maximum atomic E-state index is 13.4. The van der Waals surface area contributed by atoms with Crippen LogP contribution in [0.15, 0.2) is 36.4 Å². The number of rotatable bonds is 5. The molecule has 1 aromatic carbocycles. The Morgan fingerprint density at radius 1 is 1.33 bits per heavy atom. The van der Waals surface area contributed by atoms with E-state index in [2.05, 4.69) is 0 Å². The molecule has 0 unspecified atom stereocenters. The highest BCUT2D eigenvalue weighted by Crippen LogP contribution is 2.17. The van der Waals surface area contributed by atoms with Crippen molar-refractivity contribution in [2.45, 2.75) is 6.92 Å². The number of nitrogens with zero attached hydrogens (tertiary/aromatic N) is 1.